The minimum Gasteiger partial charge on any atom is -0.368 e. The SMILES string of the molecule is CNC(=O)OS(=O)(=O)N1CCN(c2ccc(Nc3ncc4c(C)c(C(C)=O)c(=O)n(C5CCCC5)c4n3)nc2)CC1. The second-order valence-electron chi connectivity index (χ2n) is 10.1. The van der Waals surface area contributed by atoms with Gasteiger partial charge in [0.2, 0.25) is 5.95 Å². The molecule has 0 aromatic carbocycles. The first kappa shape index (κ1) is 28.4. The predicted octanol–water partition coefficient (Wildman–Crippen LogP) is 2.28. The van der Waals surface area contributed by atoms with Crippen LogP contribution in [0.25, 0.3) is 11.0 Å². The average Bonchev–Trinajstić information content (AvgIpc) is 3.47. The molecule has 0 spiro atoms. The molecule has 0 bridgehead atoms. The molecule has 0 unspecified atom stereocenters. The molecule has 15 heteroatoms. The summed E-state index contributed by atoms with van der Waals surface area (Å²) in [6.07, 6.45) is 6.00. The lowest BCUT2D eigenvalue weighted by molar-refractivity contribution is 0.101. The number of pyridine rings is 2. The van der Waals surface area contributed by atoms with Gasteiger partial charge in [-0.05, 0) is 44.4 Å². The molecule has 3 aromatic heterocycles. The number of carbonyl (C=O) groups is 2. The molecule has 2 aliphatic rings. The molecule has 4 heterocycles. The number of piperazine rings is 1. The first-order valence-electron chi connectivity index (χ1n) is 13.4. The lowest BCUT2D eigenvalue weighted by atomic mass is 10.0. The van der Waals surface area contributed by atoms with Gasteiger partial charge in [-0.3, -0.25) is 14.2 Å². The van der Waals surface area contributed by atoms with Gasteiger partial charge in [-0.2, -0.15) is 17.7 Å². The molecule has 0 atom stereocenters. The molecule has 3 aromatic rings. The van der Waals surface area contributed by atoms with Gasteiger partial charge in [0, 0.05) is 50.9 Å². The number of hydrogen-bond acceptors (Lipinski definition) is 11. The Labute approximate surface area is 237 Å². The van der Waals surface area contributed by atoms with Gasteiger partial charge in [-0.1, -0.05) is 12.8 Å². The summed E-state index contributed by atoms with van der Waals surface area (Å²) in [7, 11) is -2.87. The van der Waals surface area contributed by atoms with Crippen molar-refractivity contribution in [3.05, 3.63) is 46.0 Å². The molecule has 1 saturated carbocycles. The molecule has 1 aliphatic heterocycles. The number of anilines is 3. The molecule has 5 rings (SSSR count). The van der Waals surface area contributed by atoms with Gasteiger partial charge < -0.3 is 19.7 Å². The van der Waals surface area contributed by atoms with Crippen molar-refractivity contribution in [3.63, 3.8) is 0 Å². The Morgan fingerprint density at radius 2 is 1.76 bits per heavy atom. The van der Waals surface area contributed by atoms with Crippen LogP contribution in [0, 0.1) is 6.92 Å². The van der Waals surface area contributed by atoms with Crippen LogP contribution in [0.5, 0.6) is 0 Å². The zero-order chi connectivity index (χ0) is 29.3. The van der Waals surface area contributed by atoms with Crippen molar-refractivity contribution < 1.29 is 22.2 Å². The van der Waals surface area contributed by atoms with Gasteiger partial charge in [0.05, 0.1) is 17.4 Å². The van der Waals surface area contributed by atoms with E-state index in [2.05, 4.69) is 29.8 Å². The summed E-state index contributed by atoms with van der Waals surface area (Å²) in [5.74, 6) is 0.488. The van der Waals surface area contributed by atoms with E-state index < -0.39 is 16.4 Å². The average molecular weight is 585 g/mol. The summed E-state index contributed by atoms with van der Waals surface area (Å²) in [4.78, 5) is 52.6. The van der Waals surface area contributed by atoms with Crippen LogP contribution in [0.2, 0.25) is 0 Å². The van der Waals surface area contributed by atoms with E-state index in [9.17, 15) is 22.8 Å². The maximum absolute atomic E-state index is 13.4. The van der Waals surface area contributed by atoms with Crippen LogP contribution in [0.4, 0.5) is 22.2 Å². The van der Waals surface area contributed by atoms with E-state index in [0.717, 1.165) is 35.7 Å². The second-order valence-corrected chi connectivity index (χ2v) is 11.6. The standard InChI is InChI=1S/C26H32N8O6S/c1-16-20-15-29-25(31-23(20)34(18-6-4-5-7-18)24(36)22(16)17(2)35)30-21-9-8-19(14-28-21)32-10-12-33(13-11-32)41(38,39)40-26(37)27-3/h8-9,14-15,18H,4-7,10-13H2,1-3H3,(H,27,37)(H,28,29,30,31). The van der Waals surface area contributed by atoms with E-state index in [0.29, 0.717) is 35.5 Å². The number of rotatable bonds is 7. The van der Waals surface area contributed by atoms with Crippen LogP contribution < -0.4 is 21.1 Å². The molecule has 0 radical (unpaired) electrons. The summed E-state index contributed by atoms with van der Waals surface area (Å²) in [6, 6.07) is 3.59. The van der Waals surface area contributed by atoms with Crippen LogP contribution in [-0.4, -0.2) is 77.3 Å². The molecular formula is C26H32N8O6S. The summed E-state index contributed by atoms with van der Waals surface area (Å²) in [5, 5.41) is 5.88. The van der Waals surface area contributed by atoms with Crippen LogP contribution >= 0.6 is 0 Å². The first-order chi connectivity index (χ1) is 19.6. The fourth-order valence-corrected chi connectivity index (χ4v) is 6.42. The van der Waals surface area contributed by atoms with Crippen molar-refractivity contribution in [1.29, 1.82) is 0 Å². The molecule has 1 amide bonds. The number of aryl methyl sites for hydroxylation is 1. The number of amides is 1. The largest absolute Gasteiger partial charge is 0.423 e. The maximum Gasteiger partial charge on any atom is 0.423 e. The van der Waals surface area contributed by atoms with Gasteiger partial charge in [-0.25, -0.2) is 14.8 Å². The summed E-state index contributed by atoms with van der Waals surface area (Å²) in [5.41, 5.74) is 1.74. The van der Waals surface area contributed by atoms with E-state index in [1.165, 1.54) is 14.0 Å². The van der Waals surface area contributed by atoms with E-state index in [1.807, 2.05) is 11.0 Å². The number of nitrogens with zero attached hydrogens (tertiary/aromatic N) is 6. The molecule has 2 fully saturated rings. The van der Waals surface area contributed by atoms with Crippen LogP contribution in [0.1, 0.15) is 54.6 Å². The van der Waals surface area contributed by atoms with Gasteiger partial charge in [0.1, 0.15) is 11.5 Å². The minimum atomic E-state index is -4.16. The third kappa shape index (κ3) is 5.72. The highest BCUT2D eigenvalue weighted by atomic mass is 32.2. The van der Waals surface area contributed by atoms with Crippen LogP contribution in [-0.2, 0) is 14.5 Å². The van der Waals surface area contributed by atoms with Crippen LogP contribution in [0.15, 0.2) is 29.3 Å². The highest BCUT2D eigenvalue weighted by molar-refractivity contribution is 7.84. The number of fused-ring (bicyclic) bond motifs is 1. The molecule has 2 N–H and O–H groups in total. The van der Waals surface area contributed by atoms with Crippen molar-refractivity contribution in [3.8, 4) is 0 Å². The second kappa shape index (κ2) is 11.4. The normalized spacial score (nSPS) is 16.6. The summed E-state index contributed by atoms with van der Waals surface area (Å²) < 4.78 is 31.7. The lowest BCUT2D eigenvalue weighted by Crippen LogP contribution is -2.49. The zero-order valence-corrected chi connectivity index (χ0v) is 23.9. The molecule has 1 aliphatic carbocycles. The first-order valence-corrected chi connectivity index (χ1v) is 14.8. The third-order valence-corrected chi connectivity index (χ3v) is 8.90. The predicted molar refractivity (Wildman–Crippen MR) is 152 cm³/mol. The topological polar surface area (TPSA) is 169 Å². The number of nitrogens with one attached hydrogen (secondary N) is 2. The van der Waals surface area contributed by atoms with Crippen molar-refractivity contribution in [2.45, 2.75) is 45.6 Å². The quantitative estimate of drug-likeness (QED) is 0.391. The Morgan fingerprint density at radius 3 is 2.37 bits per heavy atom. The van der Waals surface area contributed by atoms with E-state index in [-0.39, 0.29) is 42.0 Å². The summed E-state index contributed by atoms with van der Waals surface area (Å²) >= 11 is 0. The van der Waals surface area contributed by atoms with Crippen LogP contribution in [0.3, 0.4) is 0 Å². The van der Waals surface area contributed by atoms with E-state index >= 15 is 0 Å². The zero-order valence-electron chi connectivity index (χ0n) is 23.1. The fourth-order valence-electron chi connectivity index (χ4n) is 5.43. The number of Topliss-reactive ketones (excluding diaryl/α,β-unsaturated/α-hetero) is 1. The Bertz CT molecular complexity index is 1640. The Hall–Kier alpha value is -4.11. The van der Waals surface area contributed by atoms with Gasteiger partial charge >= 0.3 is 16.4 Å². The molecule has 41 heavy (non-hydrogen) atoms. The molecular weight excluding hydrogens is 552 g/mol. The van der Waals surface area contributed by atoms with Gasteiger partial charge in [0.25, 0.3) is 5.56 Å². The number of carbonyl (C=O) groups excluding carboxylic acids is 2. The van der Waals surface area contributed by atoms with E-state index in [4.69, 9.17) is 0 Å². The smallest absolute Gasteiger partial charge is 0.368 e. The van der Waals surface area contributed by atoms with Gasteiger partial charge in [0.15, 0.2) is 5.78 Å². The number of ketones is 1. The van der Waals surface area contributed by atoms with Gasteiger partial charge in [-0.15, -0.1) is 0 Å². The monoisotopic (exact) mass is 584 g/mol. The third-order valence-electron chi connectivity index (χ3n) is 7.54. The molecule has 218 valence electrons. The van der Waals surface area contributed by atoms with E-state index in [1.54, 1.807) is 30.0 Å². The molecule has 14 nitrogen and oxygen atoms in total. The summed E-state index contributed by atoms with van der Waals surface area (Å²) in [6.45, 7) is 4.23. The van der Waals surface area contributed by atoms with Crippen molar-refractivity contribution in [2.24, 2.45) is 0 Å². The Kier molecular flexibility index (Phi) is 7.91. The minimum absolute atomic E-state index is 0.0188. The molecule has 1 saturated heterocycles. The Morgan fingerprint density at radius 1 is 1.05 bits per heavy atom. The Balaban J connectivity index is 1.33. The maximum atomic E-state index is 13.4. The lowest BCUT2D eigenvalue weighted by Gasteiger charge is -2.34. The fraction of sp³-hybridized carbons (Fsp3) is 0.462. The van der Waals surface area contributed by atoms with Crippen molar-refractivity contribution in [1.82, 2.24) is 29.1 Å². The van der Waals surface area contributed by atoms with Crippen molar-refractivity contribution >= 4 is 50.7 Å². The number of hydrogen-bond donors (Lipinski definition) is 2. The number of aromatic nitrogens is 4. The highest BCUT2D eigenvalue weighted by Crippen LogP contribution is 2.32. The highest BCUT2D eigenvalue weighted by Gasteiger charge is 2.30. The van der Waals surface area contributed by atoms with Crippen molar-refractivity contribution in [2.75, 3.05) is 43.4 Å².